The first-order valence-electron chi connectivity index (χ1n) is 5.03. The fourth-order valence-electron chi connectivity index (χ4n) is 1.25. The van der Waals surface area contributed by atoms with E-state index in [9.17, 15) is 9.59 Å². The van der Waals surface area contributed by atoms with Crippen LogP contribution < -0.4 is 10.9 Å². The molecule has 0 saturated carbocycles. The van der Waals surface area contributed by atoms with Crippen LogP contribution in [-0.4, -0.2) is 16.8 Å². The summed E-state index contributed by atoms with van der Waals surface area (Å²) in [5, 5.41) is 0.446. The van der Waals surface area contributed by atoms with Gasteiger partial charge in [-0.05, 0) is 34.1 Å². The van der Waals surface area contributed by atoms with Gasteiger partial charge in [-0.3, -0.25) is 20.4 Å². The van der Waals surface area contributed by atoms with Crippen molar-refractivity contribution in [3.8, 4) is 0 Å². The molecule has 0 unspecified atom stereocenters. The van der Waals surface area contributed by atoms with Crippen molar-refractivity contribution in [1.82, 2.24) is 15.8 Å². The Bertz CT molecular complexity index is 632. The number of carbonyl (C=O) groups excluding carboxylic acids is 2. The van der Waals surface area contributed by atoms with E-state index in [0.717, 1.165) is 0 Å². The predicted molar refractivity (Wildman–Crippen MR) is 76.2 cm³/mol. The summed E-state index contributed by atoms with van der Waals surface area (Å²) < 4.78 is 0.599. The second kappa shape index (κ2) is 6.14. The highest BCUT2D eigenvalue weighted by Gasteiger charge is 2.14. The van der Waals surface area contributed by atoms with Crippen molar-refractivity contribution in [1.29, 1.82) is 0 Å². The molecule has 8 heteroatoms. The molecular formula is C11H7BrClN3O2S. The van der Waals surface area contributed by atoms with Crippen LogP contribution in [0.2, 0.25) is 5.02 Å². The predicted octanol–water partition coefficient (Wildman–Crippen LogP) is 2.63. The Hall–Kier alpha value is -1.44. The molecule has 0 aliphatic carbocycles. The average Bonchev–Trinajstić information content (AvgIpc) is 2.82. The van der Waals surface area contributed by atoms with Gasteiger partial charge in [0.1, 0.15) is 3.79 Å². The zero-order chi connectivity index (χ0) is 13.8. The van der Waals surface area contributed by atoms with Crippen LogP contribution in [0.3, 0.4) is 0 Å². The Labute approximate surface area is 126 Å². The van der Waals surface area contributed by atoms with E-state index in [1.165, 1.54) is 22.9 Å². The minimum Gasteiger partial charge on any atom is -0.267 e. The van der Waals surface area contributed by atoms with Crippen molar-refractivity contribution < 1.29 is 9.59 Å². The molecule has 1 aromatic carbocycles. The molecule has 2 N–H and O–H groups in total. The Morgan fingerprint density at radius 1 is 1.26 bits per heavy atom. The highest BCUT2D eigenvalue weighted by Crippen LogP contribution is 2.20. The van der Waals surface area contributed by atoms with Crippen LogP contribution in [0.4, 0.5) is 0 Å². The van der Waals surface area contributed by atoms with Crippen molar-refractivity contribution in [3.05, 3.63) is 49.8 Å². The molecule has 1 heterocycles. The number of amides is 2. The largest absolute Gasteiger partial charge is 0.290 e. The number of hydrogen-bond acceptors (Lipinski definition) is 4. The lowest BCUT2D eigenvalue weighted by molar-refractivity contribution is 0.0844. The van der Waals surface area contributed by atoms with E-state index < -0.39 is 11.8 Å². The summed E-state index contributed by atoms with van der Waals surface area (Å²) in [4.78, 5) is 27.3. The molecule has 0 spiro atoms. The third-order valence-electron chi connectivity index (χ3n) is 2.12. The van der Waals surface area contributed by atoms with Gasteiger partial charge in [0.05, 0.1) is 5.51 Å². The van der Waals surface area contributed by atoms with Gasteiger partial charge in [-0.2, -0.15) is 0 Å². The molecule has 2 rings (SSSR count). The van der Waals surface area contributed by atoms with Crippen molar-refractivity contribution in [3.63, 3.8) is 0 Å². The summed E-state index contributed by atoms with van der Waals surface area (Å²) in [5.74, 6) is -0.953. The van der Waals surface area contributed by atoms with Crippen molar-refractivity contribution in [2.24, 2.45) is 0 Å². The van der Waals surface area contributed by atoms with E-state index in [2.05, 4.69) is 31.8 Å². The van der Waals surface area contributed by atoms with E-state index in [0.29, 0.717) is 14.4 Å². The van der Waals surface area contributed by atoms with Gasteiger partial charge in [-0.1, -0.05) is 17.7 Å². The molecule has 5 nitrogen and oxygen atoms in total. The Kier molecular flexibility index (Phi) is 4.52. The quantitative estimate of drug-likeness (QED) is 0.809. The van der Waals surface area contributed by atoms with Crippen LogP contribution in [0.25, 0.3) is 0 Å². The number of carbonyl (C=O) groups is 2. The van der Waals surface area contributed by atoms with Crippen molar-refractivity contribution >= 4 is 50.7 Å². The smallest absolute Gasteiger partial charge is 0.267 e. The monoisotopic (exact) mass is 359 g/mol. The molecule has 0 aliphatic rings. The van der Waals surface area contributed by atoms with Gasteiger partial charge in [-0.25, -0.2) is 4.98 Å². The van der Waals surface area contributed by atoms with Gasteiger partial charge in [0.15, 0.2) is 5.69 Å². The number of rotatable bonds is 2. The van der Waals surface area contributed by atoms with Crippen LogP contribution in [0, 0.1) is 0 Å². The summed E-state index contributed by atoms with van der Waals surface area (Å²) in [6, 6.07) is 6.40. The second-order valence-electron chi connectivity index (χ2n) is 3.39. The molecule has 0 fully saturated rings. The number of nitrogens with zero attached hydrogens (tertiary/aromatic N) is 1. The Balaban J connectivity index is 1.98. The zero-order valence-electron chi connectivity index (χ0n) is 9.31. The van der Waals surface area contributed by atoms with Gasteiger partial charge >= 0.3 is 0 Å². The summed E-state index contributed by atoms with van der Waals surface area (Å²) in [6.45, 7) is 0. The third-order valence-corrected chi connectivity index (χ3v) is 3.90. The summed E-state index contributed by atoms with van der Waals surface area (Å²) in [7, 11) is 0. The Morgan fingerprint density at radius 2 is 2.00 bits per heavy atom. The van der Waals surface area contributed by atoms with E-state index >= 15 is 0 Å². The lowest BCUT2D eigenvalue weighted by Gasteiger charge is -2.06. The Morgan fingerprint density at radius 3 is 2.63 bits per heavy atom. The van der Waals surface area contributed by atoms with Crippen LogP contribution in [0.5, 0.6) is 0 Å². The standard InChI is InChI=1S/C11H7BrClN3O2S/c12-9-8(14-5-19-9)11(18)16-15-10(17)6-2-1-3-7(13)4-6/h1-5H,(H,15,17)(H,16,18). The van der Waals surface area contributed by atoms with Gasteiger partial charge in [-0.15, -0.1) is 11.3 Å². The maximum atomic E-state index is 11.7. The van der Waals surface area contributed by atoms with E-state index in [4.69, 9.17) is 11.6 Å². The normalized spacial score (nSPS) is 10.0. The fourth-order valence-corrected chi connectivity index (χ4v) is 2.49. The molecule has 0 bridgehead atoms. The number of halogens is 2. The first-order chi connectivity index (χ1) is 9.08. The molecule has 19 heavy (non-hydrogen) atoms. The number of aromatic nitrogens is 1. The summed E-state index contributed by atoms with van der Waals surface area (Å²) in [6.07, 6.45) is 0. The van der Waals surface area contributed by atoms with E-state index in [1.54, 1.807) is 18.2 Å². The minimum absolute atomic E-state index is 0.219. The minimum atomic E-state index is -0.497. The summed E-state index contributed by atoms with van der Waals surface area (Å²) in [5.41, 5.74) is 6.66. The third kappa shape index (κ3) is 3.52. The molecule has 2 amide bonds. The SMILES string of the molecule is O=C(NNC(=O)c1ncsc1Br)c1cccc(Cl)c1. The number of hydrazine groups is 1. The highest BCUT2D eigenvalue weighted by molar-refractivity contribution is 9.11. The second-order valence-corrected chi connectivity index (χ2v) is 6.00. The average molecular weight is 361 g/mol. The lowest BCUT2D eigenvalue weighted by atomic mass is 10.2. The van der Waals surface area contributed by atoms with Gasteiger partial charge in [0, 0.05) is 10.6 Å². The van der Waals surface area contributed by atoms with Crippen LogP contribution >= 0.6 is 38.9 Å². The molecule has 98 valence electrons. The van der Waals surface area contributed by atoms with Crippen molar-refractivity contribution in [2.75, 3.05) is 0 Å². The molecule has 1 aromatic heterocycles. The van der Waals surface area contributed by atoms with E-state index in [1.807, 2.05) is 0 Å². The molecule has 0 saturated heterocycles. The van der Waals surface area contributed by atoms with E-state index in [-0.39, 0.29) is 5.69 Å². The topological polar surface area (TPSA) is 71.1 Å². The molecule has 0 atom stereocenters. The number of benzene rings is 1. The van der Waals surface area contributed by atoms with Crippen LogP contribution in [-0.2, 0) is 0 Å². The molecule has 2 aromatic rings. The molecule has 0 radical (unpaired) electrons. The van der Waals surface area contributed by atoms with Crippen molar-refractivity contribution in [2.45, 2.75) is 0 Å². The summed E-state index contributed by atoms with van der Waals surface area (Å²) >= 11 is 10.2. The molecule has 0 aliphatic heterocycles. The molecular weight excluding hydrogens is 354 g/mol. The number of thiazole rings is 1. The van der Waals surface area contributed by atoms with Crippen LogP contribution in [0.1, 0.15) is 20.8 Å². The lowest BCUT2D eigenvalue weighted by Crippen LogP contribution is -2.41. The maximum absolute atomic E-state index is 11.7. The van der Waals surface area contributed by atoms with Crippen LogP contribution in [0.15, 0.2) is 33.6 Å². The van der Waals surface area contributed by atoms with Gasteiger partial charge < -0.3 is 0 Å². The first-order valence-corrected chi connectivity index (χ1v) is 7.08. The highest BCUT2D eigenvalue weighted by atomic mass is 79.9. The number of hydrogen-bond donors (Lipinski definition) is 2. The van der Waals surface area contributed by atoms with Gasteiger partial charge in [0.2, 0.25) is 0 Å². The fraction of sp³-hybridized carbons (Fsp3) is 0. The number of nitrogens with one attached hydrogen (secondary N) is 2. The van der Waals surface area contributed by atoms with Gasteiger partial charge in [0.25, 0.3) is 11.8 Å². The first kappa shape index (κ1) is 14.0. The zero-order valence-corrected chi connectivity index (χ0v) is 12.5. The maximum Gasteiger partial charge on any atom is 0.290 e.